The summed E-state index contributed by atoms with van der Waals surface area (Å²) in [5, 5.41) is 0. The van der Waals surface area contributed by atoms with Gasteiger partial charge in [0.05, 0.1) is 5.56 Å². The number of primary amides is 1. The number of hydrogen-bond donors (Lipinski definition) is 1. The lowest BCUT2D eigenvalue weighted by molar-refractivity contribution is -0.137. The van der Waals surface area contributed by atoms with Crippen molar-refractivity contribution >= 4 is 12.0 Å². The molecule has 80 valence electrons. The van der Waals surface area contributed by atoms with Crippen LogP contribution in [0, 0.1) is 0 Å². The van der Waals surface area contributed by atoms with Gasteiger partial charge in [0.25, 0.3) is 0 Å². The Hall–Kier alpha value is -1.85. The molecule has 0 radical (unpaired) electrons. The molecule has 0 saturated heterocycles. The lowest BCUT2D eigenvalue weighted by Gasteiger charge is -2.08. The molecule has 0 aromatic carbocycles. The van der Waals surface area contributed by atoms with Crippen LogP contribution in [0.5, 0.6) is 0 Å². The molecule has 1 amide bonds. The molecule has 1 heterocycles. The standard InChI is InChI=1S/C9H7F3N2O/c10-9(11,12)7-3-4-14-5-6(7)1-2-8(13)15/h1-5H,(H2,13,15). The maximum atomic E-state index is 12.4. The maximum absolute atomic E-state index is 12.4. The van der Waals surface area contributed by atoms with Gasteiger partial charge in [-0.1, -0.05) is 0 Å². The Labute approximate surface area is 83.4 Å². The van der Waals surface area contributed by atoms with Crippen molar-refractivity contribution in [2.24, 2.45) is 5.73 Å². The van der Waals surface area contributed by atoms with Crippen LogP contribution in [0.4, 0.5) is 13.2 Å². The Balaban J connectivity index is 3.13. The number of hydrogen-bond acceptors (Lipinski definition) is 2. The Kier molecular flexibility index (Phi) is 3.08. The van der Waals surface area contributed by atoms with Gasteiger partial charge < -0.3 is 5.73 Å². The van der Waals surface area contributed by atoms with Crippen LogP contribution < -0.4 is 5.73 Å². The first-order valence-electron chi connectivity index (χ1n) is 3.90. The van der Waals surface area contributed by atoms with E-state index in [0.29, 0.717) is 0 Å². The van der Waals surface area contributed by atoms with Crippen molar-refractivity contribution in [1.82, 2.24) is 4.98 Å². The Morgan fingerprint density at radius 2 is 2.13 bits per heavy atom. The summed E-state index contributed by atoms with van der Waals surface area (Å²) in [6.45, 7) is 0. The fraction of sp³-hybridized carbons (Fsp3) is 0.111. The van der Waals surface area contributed by atoms with Crippen molar-refractivity contribution in [3.8, 4) is 0 Å². The second kappa shape index (κ2) is 4.12. The molecule has 15 heavy (non-hydrogen) atoms. The average Bonchev–Trinajstić information content (AvgIpc) is 2.13. The van der Waals surface area contributed by atoms with E-state index in [1.54, 1.807) is 0 Å². The molecule has 1 rings (SSSR count). The lowest BCUT2D eigenvalue weighted by atomic mass is 10.1. The fourth-order valence-corrected chi connectivity index (χ4v) is 0.970. The van der Waals surface area contributed by atoms with Crippen LogP contribution in [0.25, 0.3) is 6.08 Å². The highest BCUT2D eigenvalue weighted by Gasteiger charge is 2.32. The van der Waals surface area contributed by atoms with Crippen LogP contribution in [0.1, 0.15) is 11.1 Å². The highest BCUT2D eigenvalue weighted by atomic mass is 19.4. The summed E-state index contributed by atoms with van der Waals surface area (Å²) in [5.74, 6) is -0.813. The smallest absolute Gasteiger partial charge is 0.366 e. The number of carbonyl (C=O) groups excluding carboxylic acids is 1. The van der Waals surface area contributed by atoms with E-state index in [4.69, 9.17) is 5.73 Å². The first-order chi connectivity index (χ1) is 6.91. The molecule has 0 spiro atoms. The molecule has 0 fully saturated rings. The first kappa shape index (κ1) is 11.2. The topological polar surface area (TPSA) is 56.0 Å². The quantitative estimate of drug-likeness (QED) is 0.763. The van der Waals surface area contributed by atoms with E-state index >= 15 is 0 Å². The average molecular weight is 216 g/mol. The van der Waals surface area contributed by atoms with Gasteiger partial charge in [-0.2, -0.15) is 13.2 Å². The number of pyridine rings is 1. The minimum Gasteiger partial charge on any atom is -0.366 e. The molecular weight excluding hydrogens is 209 g/mol. The number of nitrogens with zero attached hydrogens (tertiary/aromatic N) is 1. The van der Waals surface area contributed by atoms with Crippen LogP contribution in [-0.4, -0.2) is 10.9 Å². The maximum Gasteiger partial charge on any atom is 0.417 e. The molecule has 1 aromatic heterocycles. The molecule has 1 aromatic rings. The monoisotopic (exact) mass is 216 g/mol. The second-order valence-corrected chi connectivity index (χ2v) is 2.70. The van der Waals surface area contributed by atoms with Crippen molar-refractivity contribution in [1.29, 1.82) is 0 Å². The van der Waals surface area contributed by atoms with Crippen LogP contribution in [-0.2, 0) is 11.0 Å². The number of nitrogens with two attached hydrogens (primary N) is 1. The van der Waals surface area contributed by atoms with Gasteiger partial charge in [0.15, 0.2) is 0 Å². The Morgan fingerprint density at radius 3 is 2.67 bits per heavy atom. The van der Waals surface area contributed by atoms with Crippen LogP contribution >= 0.6 is 0 Å². The first-order valence-corrected chi connectivity index (χ1v) is 3.90. The van der Waals surface area contributed by atoms with Crippen molar-refractivity contribution in [3.63, 3.8) is 0 Å². The van der Waals surface area contributed by atoms with Crippen molar-refractivity contribution in [2.75, 3.05) is 0 Å². The molecular formula is C9H7F3N2O. The van der Waals surface area contributed by atoms with E-state index in [-0.39, 0.29) is 5.56 Å². The number of aromatic nitrogens is 1. The minimum absolute atomic E-state index is 0.191. The Morgan fingerprint density at radius 1 is 1.47 bits per heavy atom. The van der Waals surface area contributed by atoms with Gasteiger partial charge in [-0.15, -0.1) is 0 Å². The second-order valence-electron chi connectivity index (χ2n) is 2.70. The third-order valence-electron chi connectivity index (χ3n) is 1.58. The summed E-state index contributed by atoms with van der Waals surface area (Å²) in [6.07, 6.45) is -0.586. The highest BCUT2D eigenvalue weighted by molar-refractivity contribution is 5.90. The van der Waals surface area contributed by atoms with E-state index in [1.165, 1.54) is 0 Å². The summed E-state index contributed by atoms with van der Waals surface area (Å²) < 4.78 is 37.2. The van der Waals surface area contributed by atoms with Crippen molar-refractivity contribution < 1.29 is 18.0 Å². The van der Waals surface area contributed by atoms with E-state index < -0.39 is 17.6 Å². The molecule has 2 N–H and O–H groups in total. The van der Waals surface area contributed by atoms with Crippen molar-refractivity contribution in [3.05, 3.63) is 35.7 Å². The Bertz CT molecular complexity index is 399. The van der Waals surface area contributed by atoms with Gasteiger partial charge in [0.2, 0.25) is 5.91 Å². The zero-order chi connectivity index (χ0) is 11.5. The minimum atomic E-state index is -4.47. The van der Waals surface area contributed by atoms with Gasteiger partial charge in [0, 0.05) is 24.0 Å². The molecule has 0 bridgehead atoms. The summed E-state index contributed by atoms with van der Waals surface area (Å²) in [5.41, 5.74) is 3.73. The van der Waals surface area contributed by atoms with Crippen LogP contribution in [0.3, 0.4) is 0 Å². The van der Waals surface area contributed by atoms with Gasteiger partial charge in [-0.3, -0.25) is 9.78 Å². The third kappa shape index (κ3) is 3.08. The largest absolute Gasteiger partial charge is 0.417 e. The number of carbonyl (C=O) groups is 1. The summed E-state index contributed by atoms with van der Waals surface area (Å²) >= 11 is 0. The summed E-state index contributed by atoms with van der Waals surface area (Å²) in [6, 6.07) is 0.834. The molecule has 0 aliphatic carbocycles. The van der Waals surface area contributed by atoms with Crippen molar-refractivity contribution in [2.45, 2.75) is 6.18 Å². The normalized spacial score (nSPS) is 11.9. The number of amides is 1. The van der Waals surface area contributed by atoms with Gasteiger partial charge in [-0.05, 0) is 12.1 Å². The number of rotatable bonds is 2. The fourth-order valence-electron chi connectivity index (χ4n) is 0.970. The van der Waals surface area contributed by atoms with Gasteiger partial charge in [0.1, 0.15) is 0 Å². The van der Waals surface area contributed by atoms with E-state index in [0.717, 1.165) is 30.6 Å². The van der Waals surface area contributed by atoms with Gasteiger partial charge in [-0.25, -0.2) is 0 Å². The molecule has 0 unspecified atom stereocenters. The highest BCUT2D eigenvalue weighted by Crippen LogP contribution is 2.31. The zero-order valence-electron chi connectivity index (χ0n) is 7.45. The molecule has 3 nitrogen and oxygen atoms in total. The predicted octanol–water partition coefficient (Wildman–Crippen LogP) is 1.60. The number of alkyl halides is 3. The van der Waals surface area contributed by atoms with E-state index in [9.17, 15) is 18.0 Å². The molecule has 0 aliphatic rings. The molecule has 6 heteroatoms. The summed E-state index contributed by atoms with van der Waals surface area (Å²) in [7, 11) is 0. The van der Waals surface area contributed by atoms with Gasteiger partial charge >= 0.3 is 6.18 Å². The zero-order valence-corrected chi connectivity index (χ0v) is 7.45. The molecule has 0 atom stereocenters. The SMILES string of the molecule is NC(=O)C=Cc1cnccc1C(F)(F)F. The van der Waals surface area contributed by atoms with Crippen LogP contribution in [0.2, 0.25) is 0 Å². The lowest BCUT2D eigenvalue weighted by Crippen LogP contribution is -2.09. The summed E-state index contributed by atoms with van der Waals surface area (Å²) in [4.78, 5) is 13.9. The van der Waals surface area contributed by atoms with E-state index in [1.807, 2.05) is 0 Å². The number of halogens is 3. The molecule has 0 saturated carbocycles. The molecule has 0 aliphatic heterocycles. The van der Waals surface area contributed by atoms with E-state index in [2.05, 4.69) is 4.98 Å². The predicted molar refractivity (Wildman–Crippen MR) is 47.5 cm³/mol. The van der Waals surface area contributed by atoms with Crippen LogP contribution in [0.15, 0.2) is 24.5 Å². The third-order valence-corrected chi connectivity index (χ3v) is 1.58.